The van der Waals surface area contributed by atoms with Crippen molar-refractivity contribution in [2.75, 3.05) is 12.8 Å². The second-order valence-electron chi connectivity index (χ2n) is 3.30. The summed E-state index contributed by atoms with van der Waals surface area (Å²) in [6.45, 7) is 1.91. The van der Waals surface area contributed by atoms with Gasteiger partial charge in [0.1, 0.15) is 5.54 Å². The zero-order valence-electron chi connectivity index (χ0n) is 8.45. The van der Waals surface area contributed by atoms with Crippen LogP contribution in [-0.2, 0) is 0 Å². The Hall–Kier alpha value is -0.980. The van der Waals surface area contributed by atoms with Gasteiger partial charge in [0, 0.05) is 10.6 Å². The molecule has 0 aliphatic heterocycles. The summed E-state index contributed by atoms with van der Waals surface area (Å²) in [5.74, 6) is 0.754. The molecule has 3 heteroatoms. The third-order valence-corrected chi connectivity index (χ3v) is 3.40. The van der Waals surface area contributed by atoms with Gasteiger partial charge in [-0.05, 0) is 26.1 Å². The number of hydrogen-bond donors (Lipinski definition) is 1. The van der Waals surface area contributed by atoms with E-state index in [0.29, 0.717) is 0 Å². The van der Waals surface area contributed by atoms with E-state index in [2.05, 4.69) is 23.5 Å². The summed E-state index contributed by atoms with van der Waals surface area (Å²) < 4.78 is 0. The third kappa shape index (κ3) is 3.06. The van der Waals surface area contributed by atoms with Gasteiger partial charge in [0.05, 0.1) is 6.07 Å². The molecule has 0 spiro atoms. The first-order valence-electron chi connectivity index (χ1n) is 4.48. The zero-order chi connectivity index (χ0) is 10.4. The first-order valence-corrected chi connectivity index (χ1v) is 5.47. The molecule has 0 bridgehead atoms. The van der Waals surface area contributed by atoms with Gasteiger partial charge in [-0.15, -0.1) is 11.8 Å². The Morgan fingerprint density at radius 3 is 2.57 bits per heavy atom. The van der Waals surface area contributed by atoms with Gasteiger partial charge in [0.2, 0.25) is 0 Å². The Kier molecular flexibility index (Phi) is 3.99. The lowest BCUT2D eigenvalue weighted by molar-refractivity contribution is 0.550. The molecule has 1 aromatic carbocycles. The van der Waals surface area contributed by atoms with Gasteiger partial charge in [0.15, 0.2) is 0 Å². The van der Waals surface area contributed by atoms with Crippen LogP contribution in [0.25, 0.3) is 0 Å². The van der Waals surface area contributed by atoms with E-state index in [9.17, 15) is 0 Å². The Morgan fingerprint density at radius 2 is 2.07 bits per heavy atom. The van der Waals surface area contributed by atoms with Crippen LogP contribution in [0.4, 0.5) is 0 Å². The van der Waals surface area contributed by atoms with Crippen molar-refractivity contribution >= 4 is 11.8 Å². The fourth-order valence-corrected chi connectivity index (χ4v) is 1.92. The Balaban J connectivity index is 2.53. The van der Waals surface area contributed by atoms with Crippen LogP contribution in [0.15, 0.2) is 35.2 Å². The van der Waals surface area contributed by atoms with Crippen LogP contribution in [0.5, 0.6) is 0 Å². The second-order valence-corrected chi connectivity index (χ2v) is 4.34. The van der Waals surface area contributed by atoms with E-state index < -0.39 is 5.54 Å². The molecule has 1 unspecified atom stereocenters. The van der Waals surface area contributed by atoms with Crippen molar-refractivity contribution < 1.29 is 0 Å². The van der Waals surface area contributed by atoms with Crippen LogP contribution in [0.1, 0.15) is 6.92 Å². The highest BCUT2D eigenvalue weighted by Gasteiger charge is 2.20. The van der Waals surface area contributed by atoms with Gasteiger partial charge in [0.25, 0.3) is 0 Å². The SMILES string of the molecule is CNC(C)(C#N)CSc1ccccc1. The number of thioether (sulfide) groups is 1. The molecule has 14 heavy (non-hydrogen) atoms. The van der Waals surface area contributed by atoms with E-state index in [-0.39, 0.29) is 0 Å². The quantitative estimate of drug-likeness (QED) is 0.768. The summed E-state index contributed by atoms with van der Waals surface area (Å²) in [4.78, 5) is 1.20. The van der Waals surface area contributed by atoms with Gasteiger partial charge in [-0.3, -0.25) is 0 Å². The van der Waals surface area contributed by atoms with Crippen molar-refractivity contribution in [3.05, 3.63) is 30.3 Å². The molecule has 0 aliphatic rings. The lowest BCUT2D eigenvalue weighted by Crippen LogP contribution is -2.40. The van der Waals surface area contributed by atoms with Gasteiger partial charge in [-0.2, -0.15) is 5.26 Å². The zero-order valence-corrected chi connectivity index (χ0v) is 9.27. The minimum absolute atomic E-state index is 0.444. The highest BCUT2D eigenvalue weighted by atomic mass is 32.2. The predicted octanol–water partition coefficient (Wildman–Crippen LogP) is 2.28. The largest absolute Gasteiger partial charge is 0.302 e. The number of nitriles is 1. The number of hydrogen-bond acceptors (Lipinski definition) is 3. The third-order valence-electron chi connectivity index (χ3n) is 2.07. The first kappa shape index (κ1) is 11.1. The van der Waals surface area contributed by atoms with E-state index in [1.54, 1.807) is 11.8 Å². The molecule has 0 amide bonds. The maximum Gasteiger partial charge on any atom is 0.113 e. The van der Waals surface area contributed by atoms with Crippen molar-refractivity contribution in [3.63, 3.8) is 0 Å². The molecule has 0 radical (unpaired) electrons. The molecule has 1 N–H and O–H groups in total. The highest BCUT2D eigenvalue weighted by molar-refractivity contribution is 7.99. The van der Waals surface area contributed by atoms with E-state index >= 15 is 0 Å². The molecule has 1 rings (SSSR count). The molecule has 1 aromatic rings. The fraction of sp³-hybridized carbons (Fsp3) is 0.364. The van der Waals surface area contributed by atoms with E-state index in [0.717, 1.165) is 5.75 Å². The Labute approximate surface area is 89.3 Å². The lowest BCUT2D eigenvalue weighted by atomic mass is 10.1. The summed E-state index contributed by atoms with van der Waals surface area (Å²) in [5, 5.41) is 12.0. The summed E-state index contributed by atoms with van der Waals surface area (Å²) in [6.07, 6.45) is 0. The molecule has 74 valence electrons. The molecule has 0 aliphatic carbocycles. The number of nitrogens with zero attached hydrogens (tertiary/aromatic N) is 1. The average molecular weight is 206 g/mol. The van der Waals surface area contributed by atoms with Crippen LogP contribution >= 0.6 is 11.8 Å². The number of rotatable bonds is 4. The summed E-state index contributed by atoms with van der Waals surface area (Å²) in [6, 6.07) is 12.4. The average Bonchev–Trinajstić information content (AvgIpc) is 2.27. The second kappa shape index (κ2) is 5.04. The number of nitrogens with one attached hydrogen (secondary N) is 1. The molecule has 2 nitrogen and oxygen atoms in total. The molecule has 0 aromatic heterocycles. The van der Waals surface area contributed by atoms with E-state index in [4.69, 9.17) is 5.26 Å². The van der Waals surface area contributed by atoms with Crippen LogP contribution in [0.2, 0.25) is 0 Å². The van der Waals surface area contributed by atoms with Crippen molar-refractivity contribution in [1.82, 2.24) is 5.32 Å². The van der Waals surface area contributed by atoms with Gasteiger partial charge in [-0.1, -0.05) is 18.2 Å². The normalized spacial score (nSPS) is 14.4. The minimum atomic E-state index is -0.444. The molecule has 0 saturated carbocycles. The number of benzene rings is 1. The molecule has 0 fully saturated rings. The van der Waals surface area contributed by atoms with Crippen molar-refractivity contribution in [1.29, 1.82) is 5.26 Å². The molecule has 1 atom stereocenters. The minimum Gasteiger partial charge on any atom is -0.302 e. The summed E-state index contributed by atoms with van der Waals surface area (Å²) in [7, 11) is 1.81. The standard InChI is InChI=1S/C11H14N2S/c1-11(8-12,13-2)9-14-10-6-4-3-5-7-10/h3-7,13H,9H2,1-2H3. The smallest absolute Gasteiger partial charge is 0.113 e. The molecular weight excluding hydrogens is 192 g/mol. The maximum atomic E-state index is 8.94. The van der Waals surface area contributed by atoms with Crippen LogP contribution < -0.4 is 5.32 Å². The van der Waals surface area contributed by atoms with Crippen molar-refractivity contribution in [3.8, 4) is 6.07 Å². The van der Waals surface area contributed by atoms with Crippen LogP contribution in [-0.4, -0.2) is 18.3 Å². The highest BCUT2D eigenvalue weighted by Crippen LogP contribution is 2.21. The topological polar surface area (TPSA) is 35.8 Å². The van der Waals surface area contributed by atoms with Crippen molar-refractivity contribution in [2.45, 2.75) is 17.4 Å². The van der Waals surface area contributed by atoms with Crippen LogP contribution in [0.3, 0.4) is 0 Å². The maximum absolute atomic E-state index is 8.94. The van der Waals surface area contributed by atoms with E-state index in [1.165, 1.54) is 4.90 Å². The predicted molar refractivity (Wildman–Crippen MR) is 60.2 cm³/mol. The molecule has 0 saturated heterocycles. The Morgan fingerprint density at radius 1 is 1.43 bits per heavy atom. The first-order chi connectivity index (χ1) is 6.70. The summed E-state index contributed by atoms with van der Waals surface area (Å²) >= 11 is 1.69. The Bertz CT molecular complexity index is 318. The molecular formula is C11H14N2S. The van der Waals surface area contributed by atoms with Gasteiger partial charge in [-0.25, -0.2) is 0 Å². The van der Waals surface area contributed by atoms with Gasteiger partial charge < -0.3 is 5.32 Å². The van der Waals surface area contributed by atoms with Gasteiger partial charge >= 0.3 is 0 Å². The lowest BCUT2D eigenvalue weighted by Gasteiger charge is -2.19. The monoisotopic (exact) mass is 206 g/mol. The fourth-order valence-electron chi connectivity index (χ4n) is 0.905. The van der Waals surface area contributed by atoms with Crippen molar-refractivity contribution in [2.24, 2.45) is 0 Å². The summed E-state index contributed by atoms with van der Waals surface area (Å²) in [5.41, 5.74) is -0.444. The van der Waals surface area contributed by atoms with Crippen LogP contribution in [0, 0.1) is 11.3 Å². The molecule has 0 heterocycles. The van der Waals surface area contributed by atoms with E-state index in [1.807, 2.05) is 32.2 Å².